The molecule has 0 atom stereocenters. The molecule has 0 spiro atoms. The van der Waals surface area contributed by atoms with Crippen LogP contribution < -0.4 is 0 Å². The lowest BCUT2D eigenvalue weighted by Gasteiger charge is -2.04. The number of hydrogen-bond donors (Lipinski definition) is 1. The Balaban J connectivity index is 2.55. The van der Waals surface area contributed by atoms with E-state index in [1.807, 2.05) is 18.2 Å². The largest absolute Gasteiger partial charge is 0.259 e. The quantitative estimate of drug-likeness (QED) is 0.756. The molecule has 1 heterocycles. The molecule has 1 aromatic carbocycles. The molecular formula is C9H7BClN3. The predicted octanol–water partition coefficient (Wildman–Crippen LogP) is 1.79. The minimum absolute atomic E-state index is 0.452. The molecule has 0 aliphatic carbocycles. The second kappa shape index (κ2) is 3.84. The van der Waals surface area contributed by atoms with Gasteiger partial charge in [0, 0.05) is 10.6 Å². The molecule has 14 heavy (non-hydrogen) atoms. The average molecular weight is 203 g/mol. The molecule has 0 fully saturated rings. The van der Waals surface area contributed by atoms with Crippen LogP contribution in [-0.2, 0) is 6.32 Å². The van der Waals surface area contributed by atoms with Crippen molar-refractivity contribution in [2.75, 3.05) is 0 Å². The van der Waals surface area contributed by atoms with Crippen LogP contribution in [0.4, 0.5) is 0 Å². The van der Waals surface area contributed by atoms with E-state index in [-0.39, 0.29) is 0 Å². The van der Waals surface area contributed by atoms with Gasteiger partial charge in [-0.15, -0.1) is 0 Å². The molecule has 0 aliphatic heterocycles. The Kier molecular flexibility index (Phi) is 2.54. The van der Waals surface area contributed by atoms with Gasteiger partial charge in [0.05, 0.1) is 7.85 Å². The lowest BCUT2D eigenvalue weighted by Crippen LogP contribution is -1.91. The van der Waals surface area contributed by atoms with Gasteiger partial charge in [-0.1, -0.05) is 24.0 Å². The third kappa shape index (κ3) is 1.66. The van der Waals surface area contributed by atoms with Crippen LogP contribution in [0.3, 0.4) is 0 Å². The summed E-state index contributed by atoms with van der Waals surface area (Å²) in [7, 11) is 5.60. The number of H-pyrrole nitrogens is 1. The molecule has 1 aromatic heterocycles. The zero-order valence-electron chi connectivity index (χ0n) is 7.37. The third-order valence-electron chi connectivity index (χ3n) is 1.96. The highest BCUT2D eigenvalue weighted by Crippen LogP contribution is 2.23. The highest BCUT2D eigenvalue weighted by Gasteiger charge is 2.06. The summed E-state index contributed by atoms with van der Waals surface area (Å²) in [6, 6.07) is 5.52. The van der Waals surface area contributed by atoms with Gasteiger partial charge in [0.15, 0.2) is 5.82 Å². The number of benzene rings is 1. The second-order valence-corrected chi connectivity index (χ2v) is 3.28. The van der Waals surface area contributed by atoms with Crippen molar-refractivity contribution in [2.45, 2.75) is 6.32 Å². The summed E-state index contributed by atoms with van der Waals surface area (Å²) < 4.78 is 0. The van der Waals surface area contributed by atoms with Crippen molar-refractivity contribution in [3.05, 3.63) is 35.1 Å². The number of nitrogens with one attached hydrogen (secondary N) is 1. The molecular weight excluding hydrogens is 196 g/mol. The highest BCUT2D eigenvalue weighted by atomic mass is 35.5. The Labute approximate surface area is 87.9 Å². The van der Waals surface area contributed by atoms with Crippen molar-refractivity contribution < 1.29 is 0 Å². The van der Waals surface area contributed by atoms with Gasteiger partial charge in [0.25, 0.3) is 0 Å². The predicted molar refractivity (Wildman–Crippen MR) is 56.3 cm³/mol. The van der Waals surface area contributed by atoms with E-state index in [0.717, 1.165) is 11.1 Å². The van der Waals surface area contributed by atoms with Crippen LogP contribution in [0.15, 0.2) is 24.5 Å². The van der Waals surface area contributed by atoms with Crippen LogP contribution in [0.1, 0.15) is 5.56 Å². The summed E-state index contributed by atoms with van der Waals surface area (Å²) in [5.41, 5.74) is 1.89. The summed E-state index contributed by atoms with van der Waals surface area (Å²) in [6.07, 6.45) is 1.91. The number of rotatable bonds is 2. The normalized spacial score (nSPS) is 10.4. The Bertz CT molecular complexity index is 428. The van der Waals surface area contributed by atoms with Crippen LogP contribution in [0.5, 0.6) is 0 Å². The maximum Gasteiger partial charge on any atom is 0.155 e. The van der Waals surface area contributed by atoms with E-state index in [4.69, 9.17) is 19.4 Å². The number of aromatic nitrogens is 3. The first-order valence-electron chi connectivity index (χ1n) is 4.15. The minimum Gasteiger partial charge on any atom is -0.259 e. The molecule has 0 aliphatic rings. The van der Waals surface area contributed by atoms with Gasteiger partial charge in [0.2, 0.25) is 0 Å². The monoisotopic (exact) mass is 203 g/mol. The first-order valence-corrected chi connectivity index (χ1v) is 4.53. The maximum atomic E-state index is 5.89. The molecule has 1 N–H and O–H groups in total. The Morgan fingerprint density at radius 3 is 2.93 bits per heavy atom. The maximum absolute atomic E-state index is 5.89. The molecule has 0 unspecified atom stereocenters. The summed E-state index contributed by atoms with van der Waals surface area (Å²) >= 11 is 5.89. The number of aromatic amines is 1. The molecule has 2 aromatic rings. The van der Waals surface area contributed by atoms with Gasteiger partial charge < -0.3 is 0 Å². The number of halogens is 1. The lowest BCUT2D eigenvalue weighted by molar-refractivity contribution is 1.09. The van der Waals surface area contributed by atoms with Crippen molar-refractivity contribution in [3.63, 3.8) is 0 Å². The number of hydrogen-bond acceptors (Lipinski definition) is 2. The van der Waals surface area contributed by atoms with Crippen LogP contribution in [0, 0.1) is 0 Å². The summed E-state index contributed by atoms with van der Waals surface area (Å²) in [4.78, 5) is 4.06. The summed E-state index contributed by atoms with van der Waals surface area (Å²) in [5, 5.41) is 7.22. The molecule has 0 saturated heterocycles. The van der Waals surface area contributed by atoms with Crippen molar-refractivity contribution >= 4 is 19.4 Å². The van der Waals surface area contributed by atoms with Crippen molar-refractivity contribution in [3.8, 4) is 11.4 Å². The molecule has 68 valence electrons. The zero-order valence-corrected chi connectivity index (χ0v) is 8.12. The molecule has 5 heteroatoms. The molecule has 0 amide bonds. The standard InChI is InChI=1S/C9H7BClN3/c10-4-6-1-2-7(11)3-8(6)9-12-5-13-14-9/h1-3,5H,4H2,(H,12,13,14). The van der Waals surface area contributed by atoms with Crippen LogP contribution in [0.25, 0.3) is 11.4 Å². The molecule has 2 rings (SSSR count). The zero-order chi connectivity index (χ0) is 9.97. The highest BCUT2D eigenvalue weighted by molar-refractivity contribution is 6.30. The molecule has 2 radical (unpaired) electrons. The lowest BCUT2D eigenvalue weighted by atomic mass is 9.93. The van der Waals surface area contributed by atoms with E-state index in [1.54, 1.807) is 0 Å². The van der Waals surface area contributed by atoms with E-state index in [2.05, 4.69) is 15.2 Å². The molecule has 3 nitrogen and oxygen atoms in total. The fraction of sp³-hybridized carbons (Fsp3) is 0.111. The second-order valence-electron chi connectivity index (χ2n) is 2.84. The van der Waals surface area contributed by atoms with Gasteiger partial charge >= 0.3 is 0 Å². The third-order valence-corrected chi connectivity index (χ3v) is 2.20. The fourth-order valence-electron chi connectivity index (χ4n) is 1.28. The van der Waals surface area contributed by atoms with Gasteiger partial charge in [-0.05, 0) is 17.7 Å². The van der Waals surface area contributed by atoms with Gasteiger partial charge in [0.1, 0.15) is 6.33 Å². The topological polar surface area (TPSA) is 41.6 Å². The van der Waals surface area contributed by atoms with Crippen molar-refractivity contribution in [2.24, 2.45) is 0 Å². The first-order chi connectivity index (χ1) is 6.81. The Hall–Kier alpha value is -1.29. The van der Waals surface area contributed by atoms with Gasteiger partial charge in [-0.3, -0.25) is 5.10 Å². The van der Waals surface area contributed by atoms with Crippen LogP contribution in [0.2, 0.25) is 5.02 Å². The smallest absolute Gasteiger partial charge is 0.155 e. The van der Waals surface area contributed by atoms with E-state index < -0.39 is 0 Å². The van der Waals surface area contributed by atoms with Crippen molar-refractivity contribution in [1.82, 2.24) is 15.2 Å². The molecule has 0 bridgehead atoms. The van der Waals surface area contributed by atoms with E-state index in [9.17, 15) is 0 Å². The summed E-state index contributed by atoms with van der Waals surface area (Å²) in [6.45, 7) is 0. The van der Waals surface area contributed by atoms with E-state index >= 15 is 0 Å². The SMILES string of the molecule is [B]Cc1ccc(Cl)cc1-c1ncn[nH]1. The Morgan fingerprint density at radius 1 is 1.43 bits per heavy atom. The fourth-order valence-corrected chi connectivity index (χ4v) is 1.45. The van der Waals surface area contributed by atoms with E-state index in [0.29, 0.717) is 17.2 Å². The van der Waals surface area contributed by atoms with E-state index in [1.165, 1.54) is 6.33 Å². The van der Waals surface area contributed by atoms with Gasteiger partial charge in [-0.2, -0.15) is 5.10 Å². The Morgan fingerprint density at radius 2 is 2.29 bits per heavy atom. The first kappa shape index (κ1) is 9.28. The summed E-state index contributed by atoms with van der Waals surface area (Å²) in [5.74, 6) is 0.688. The van der Waals surface area contributed by atoms with Gasteiger partial charge in [-0.25, -0.2) is 4.98 Å². The molecule has 0 saturated carbocycles. The van der Waals surface area contributed by atoms with Crippen molar-refractivity contribution in [1.29, 1.82) is 0 Å². The minimum atomic E-state index is 0.452. The van der Waals surface area contributed by atoms with Crippen LogP contribution >= 0.6 is 11.6 Å². The average Bonchev–Trinajstić information content (AvgIpc) is 2.70. The number of nitrogens with zero attached hydrogens (tertiary/aromatic N) is 2. The van der Waals surface area contributed by atoms with Crippen LogP contribution in [-0.4, -0.2) is 23.0 Å².